The van der Waals surface area contributed by atoms with E-state index in [1.54, 1.807) is 12.1 Å². The van der Waals surface area contributed by atoms with Crippen molar-refractivity contribution in [2.75, 3.05) is 0 Å². The average molecular weight is 617 g/mol. The van der Waals surface area contributed by atoms with E-state index in [4.69, 9.17) is 11.0 Å². The highest BCUT2D eigenvalue weighted by Gasteiger charge is 2.18. The van der Waals surface area contributed by atoms with Gasteiger partial charge < -0.3 is 0 Å². The molecule has 3 aromatic carbocycles. The van der Waals surface area contributed by atoms with Gasteiger partial charge in [0, 0.05) is 26.6 Å². The Labute approximate surface area is 264 Å². The summed E-state index contributed by atoms with van der Waals surface area (Å²) >= 11 is 0. The molecule has 42 heavy (non-hydrogen) atoms. The molecule has 0 aliphatic heterocycles. The normalized spacial score (nSPS) is 9.98. The van der Waals surface area contributed by atoms with Crippen LogP contribution >= 0.6 is 0 Å². The Kier molecular flexibility index (Phi) is 12.1. The highest BCUT2D eigenvalue weighted by atomic mass is 32.2. The monoisotopic (exact) mass is 616 g/mol. The van der Waals surface area contributed by atoms with Crippen LogP contribution < -0.4 is 0 Å². The van der Waals surface area contributed by atoms with Gasteiger partial charge in [0.2, 0.25) is 0 Å². The SMILES string of the molecule is C#CC#CC#CC#CC#CC#Cc1ccc(S(=O)(=O)O)cc1.CC(C)c1cc(S(=O)(=O)O)c2cccc(C(C)C)c2c1.[HH].[HH].[HH].[HH].[HH].[HH].[HH].[HH].[HH].[HH].[HH]. The lowest BCUT2D eigenvalue weighted by molar-refractivity contribution is 0.481. The molecule has 0 saturated carbocycles. The molecule has 6 nitrogen and oxygen atoms in total. The summed E-state index contributed by atoms with van der Waals surface area (Å²) in [6, 6.07) is 14.6. The van der Waals surface area contributed by atoms with E-state index >= 15 is 0 Å². The standard InChI is InChI=1S/C18H6O3S.C16H20O3S.11H2/c1-2-3-4-5-6-7-8-9-10-11-12-17-13-15-18(16-14-17)22(19,20)21;1-10(2)12-8-15-13(11(3)4)6-5-7-14(15)16(9-12)20(17,18)19;;;;;;;;;;;/h1,13-16H,(H,19,20,21);5-11H,1-4H3,(H,17,18,19);11*1H. The lowest BCUT2D eigenvalue weighted by Crippen LogP contribution is -2.03. The van der Waals surface area contributed by atoms with Crippen molar-refractivity contribution in [2.45, 2.75) is 49.3 Å². The first-order chi connectivity index (χ1) is 19.8. The van der Waals surface area contributed by atoms with E-state index in [1.807, 2.05) is 32.0 Å². The number of benzene rings is 3. The lowest BCUT2D eigenvalue weighted by atomic mass is 9.92. The van der Waals surface area contributed by atoms with Crippen molar-refractivity contribution in [3.05, 3.63) is 71.3 Å². The Morgan fingerprint density at radius 2 is 1.21 bits per heavy atom. The van der Waals surface area contributed by atoms with E-state index in [0.29, 0.717) is 10.9 Å². The third-order valence-electron chi connectivity index (χ3n) is 5.51. The number of terminal acetylenes is 1. The number of hydrogen-bond donors (Lipinski definition) is 2. The van der Waals surface area contributed by atoms with Crippen LogP contribution in [0.4, 0.5) is 0 Å². The number of hydrogen-bond acceptors (Lipinski definition) is 4. The van der Waals surface area contributed by atoms with Crippen LogP contribution in [-0.4, -0.2) is 25.9 Å². The second-order valence-electron chi connectivity index (χ2n) is 9.14. The van der Waals surface area contributed by atoms with Gasteiger partial charge in [-0.2, -0.15) is 16.8 Å². The first kappa shape index (κ1) is 33.3. The highest BCUT2D eigenvalue weighted by molar-refractivity contribution is 7.86. The van der Waals surface area contributed by atoms with Crippen molar-refractivity contribution < 1.29 is 41.6 Å². The van der Waals surface area contributed by atoms with Crippen LogP contribution in [-0.2, 0) is 20.2 Å². The van der Waals surface area contributed by atoms with E-state index in [9.17, 15) is 21.4 Å². The number of rotatable bonds is 4. The summed E-state index contributed by atoms with van der Waals surface area (Å²) in [5.74, 6) is 27.3. The van der Waals surface area contributed by atoms with Crippen LogP contribution in [0.2, 0.25) is 0 Å². The second-order valence-corrected chi connectivity index (χ2v) is 12.0. The zero-order valence-electron chi connectivity index (χ0n) is 23.3. The molecule has 0 aliphatic rings. The molecule has 2 N–H and O–H groups in total. The third kappa shape index (κ3) is 10.3. The quantitative estimate of drug-likeness (QED) is 0.227. The summed E-state index contributed by atoms with van der Waals surface area (Å²) in [6.07, 6.45) is 4.89. The summed E-state index contributed by atoms with van der Waals surface area (Å²) in [6.45, 7) is 8.16. The Morgan fingerprint density at radius 1 is 0.667 bits per heavy atom. The van der Waals surface area contributed by atoms with Crippen molar-refractivity contribution in [3.63, 3.8) is 0 Å². The molecule has 0 saturated heterocycles. The van der Waals surface area contributed by atoms with Crippen LogP contribution in [0.1, 0.15) is 71.9 Å². The van der Waals surface area contributed by atoms with Crippen molar-refractivity contribution >= 4 is 31.0 Å². The van der Waals surface area contributed by atoms with Gasteiger partial charge in [0.1, 0.15) is 4.90 Å². The van der Waals surface area contributed by atoms with Gasteiger partial charge in [-0.25, -0.2) is 0 Å². The maximum Gasteiger partial charge on any atom is 0.295 e. The number of fused-ring (bicyclic) bond motifs is 1. The van der Waals surface area contributed by atoms with Gasteiger partial charge in [-0.15, -0.1) is 6.42 Å². The molecular weight excluding hydrogens is 569 g/mol. The second kappa shape index (κ2) is 15.2. The minimum atomic E-state index is -4.23. The molecule has 0 amide bonds. The first-order valence-electron chi connectivity index (χ1n) is 12.3. The molecular formula is C34H48O6S2. The molecule has 232 valence electrons. The molecule has 0 fully saturated rings. The molecule has 0 atom stereocenters. The van der Waals surface area contributed by atoms with Crippen molar-refractivity contribution in [3.8, 4) is 71.5 Å². The molecule has 8 heteroatoms. The fourth-order valence-corrected chi connectivity index (χ4v) is 4.74. The van der Waals surface area contributed by atoms with E-state index in [-0.39, 0.29) is 37.3 Å². The molecule has 0 heterocycles. The van der Waals surface area contributed by atoms with Crippen LogP contribution in [0.5, 0.6) is 0 Å². The van der Waals surface area contributed by atoms with E-state index in [2.05, 4.69) is 79.0 Å². The topological polar surface area (TPSA) is 109 Å². The van der Waals surface area contributed by atoms with Gasteiger partial charge in [-0.1, -0.05) is 57.9 Å². The average Bonchev–Trinajstić information content (AvgIpc) is 2.92. The van der Waals surface area contributed by atoms with Crippen LogP contribution in [0.3, 0.4) is 0 Å². The minimum absolute atomic E-state index is 0. The highest BCUT2D eigenvalue weighted by Crippen LogP contribution is 2.33. The van der Waals surface area contributed by atoms with Crippen LogP contribution in [0.25, 0.3) is 10.8 Å². The fourth-order valence-electron chi connectivity index (χ4n) is 3.52. The Bertz CT molecular complexity index is 2100. The molecule has 0 aromatic heterocycles. The van der Waals surface area contributed by atoms with Crippen LogP contribution in [0.15, 0.2) is 64.4 Å². The predicted molar refractivity (Wildman–Crippen MR) is 188 cm³/mol. The Hall–Kier alpha value is -4.90. The Balaban J connectivity index is -0.0000000723. The largest absolute Gasteiger partial charge is 0.295 e. The van der Waals surface area contributed by atoms with Gasteiger partial charge >= 0.3 is 0 Å². The summed E-state index contributed by atoms with van der Waals surface area (Å²) in [5, 5.41) is 1.49. The molecule has 0 bridgehead atoms. The lowest BCUT2D eigenvalue weighted by Gasteiger charge is -2.15. The minimum Gasteiger partial charge on any atom is -0.282 e. The van der Waals surface area contributed by atoms with Crippen molar-refractivity contribution in [2.24, 2.45) is 0 Å². The zero-order valence-corrected chi connectivity index (χ0v) is 24.9. The van der Waals surface area contributed by atoms with Gasteiger partial charge in [-0.3, -0.25) is 9.11 Å². The summed E-state index contributed by atoms with van der Waals surface area (Å²) in [5.41, 5.74) is 2.56. The zero-order chi connectivity index (χ0) is 31.3. The Morgan fingerprint density at radius 3 is 1.69 bits per heavy atom. The third-order valence-corrected chi connectivity index (χ3v) is 7.27. The molecule has 3 rings (SSSR count). The molecule has 0 aliphatic carbocycles. The van der Waals surface area contributed by atoms with Crippen LogP contribution in [0, 0.1) is 71.5 Å². The van der Waals surface area contributed by atoms with Crippen molar-refractivity contribution in [1.82, 2.24) is 0 Å². The fraction of sp³-hybridized carbons (Fsp3) is 0.176. The molecule has 3 aromatic rings. The maximum absolute atomic E-state index is 11.7. The molecule has 0 unspecified atom stereocenters. The maximum atomic E-state index is 11.7. The first-order valence-corrected chi connectivity index (χ1v) is 15.2. The van der Waals surface area contributed by atoms with Gasteiger partial charge in [0.15, 0.2) is 0 Å². The summed E-state index contributed by atoms with van der Waals surface area (Å²) < 4.78 is 63.3. The van der Waals surface area contributed by atoms with Gasteiger partial charge in [0.05, 0.1) is 4.90 Å². The van der Waals surface area contributed by atoms with Gasteiger partial charge in [-0.05, 0) is 118 Å². The summed E-state index contributed by atoms with van der Waals surface area (Å²) in [7, 11) is -8.42. The van der Waals surface area contributed by atoms with E-state index < -0.39 is 20.2 Å². The predicted octanol–water partition coefficient (Wildman–Crippen LogP) is 7.97. The van der Waals surface area contributed by atoms with E-state index in [0.717, 1.165) is 16.5 Å². The van der Waals surface area contributed by atoms with Gasteiger partial charge in [0.25, 0.3) is 20.2 Å². The summed E-state index contributed by atoms with van der Waals surface area (Å²) in [4.78, 5) is -0.192. The molecule has 0 spiro atoms. The smallest absolute Gasteiger partial charge is 0.282 e. The van der Waals surface area contributed by atoms with Crippen molar-refractivity contribution in [1.29, 1.82) is 0 Å². The molecule has 0 radical (unpaired) electrons. The van der Waals surface area contributed by atoms with E-state index in [1.165, 1.54) is 24.3 Å².